The molecule has 0 unspecified atom stereocenters. The Hall–Kier alpha value is -0.330. The van der Waals surface area contributed by atoms with E-state index in [4.69, 9.17) is 0 Å². The van der Waals surface area contributed by atoms with Gasteiger partial charge in [0.25, 0.3) is 0 Å². The van der Waals surface area contributed by atoms with Crippen LogP contribution in [-0.2, 0) is 0 Å². The van der Waals surface area contributed by atoms with Crippen molar-refractivity contribution in [3.63, 3.8) is 0 Å². The van der Waals surface area contributed by atoms with Crippen LogP contribution in [0.4, 0.5) is 13.2 Å². The smallest absolute Gasteiger partial charge is 0.311 e. The predicted molar refractivity (Wildman–Crippen MR) is 78.4 cm³/mol. The molecule has 1 N–H and O–H groups in total. The highest BCUT2D eigenvalue weighted by Crippen LogP contribution is 2.21. The second-order valence-corrected chi connectivity index (χ2v) is 6.74. The maximum atomic E-state index is 12.3. The first-order chi connectivity index (χ1) is 9.83. The highest BCUT2D eigenvalue weighted by molar-refractivity contribution is 4.85. The average Bonchev–Trinajstić information content (AvgIpc) is 2.40. The van der Waals surface area contributed by atoms with Crippen LogP contribution >= 0.6 is 0 Å². The van der Waals surface area contributed by atoms with Gasteiger partial charge in [-0.3, -0.25) is 4.90 Å². The van der Waals surface area contributed by atoms with Crippen LogP contribution < -0.4 is 5.32 Å². The van der Waals surface area contributed by atoms with Crippen LogP contribution in [-0.4, -0.2) is 66.8 Å². The number of likely N-dealkylation sites (tertiary alicyclic amines) is 2. The molecule has 0 radical (unpaired) electrons. The summed E-state index contributed by atoms with van der Waals surface area (Å²) in [4.78, 5) is 4.02. The molecule has 124 valence electrons. The summed E-state index contributed by atoms with van der Waals surface area (Å²) in [6, 6.07) is 1.54. The molecule has 0 aromatic carbocycles. The van der Waals surface area contributed by atoms with Crippen LogP contribution in [0.15, 0.2) is 0 Å². The summed E-state index contributed by atoms with van der Waals surface area (Å²) in [7, 11) is 0. The van der Waals surface area contributed by atoms with Crippen LogP contribution in [0.3, 0.4) is 0 Å². The molecule has 6 heteroatoms. The van der Waals surface area contributed by atoms with Crippen molar-refractivity contribution >= 4 is 0 Å². The SMILES string of the molecule is CC(C)N1CCC(NC2CCN(CC(F)(F)F)CC2)CC1. The Morgan fingerprint density at radius 2 is 1.43 bits per heavy atom. The molecule has 2 saturated heterocycles. The minimum Gasteiger partial charge on any atom is -0.311 e. The highest BCUT2D eigenvalue weighted by atomic mass is 19.4. The van der Waals surface area contributed by atoms with E-state index in [1.54, 1.807) is 0 Å². The van der Waals surface area contributed by atoms with E-state index in [0.717, 1.165) is 38.8 Å². The summed E-state index contributed by atoms with van der Waals surface area (Å²) < 4.78 is 37.0. The molecule has 2 aliphatic heterocycles. The Kier molecular flexibility index (Phi) is 5.91. The fourth-order valence-electron chi connectivity index (χ4n) is 3.43. The van der Waals surface area contributed by atoms with Crippen molar-refractivity contribution in [1.82, 2.24) is 15.1 Å². The molecular formula is C15H28F3N3. The van der Waals surface area contributed by atoms with Crippen molar-refractivity contribution in [3.8, 4) is 0 Å². The largest absolute Gasteiger partial charge is 0.401 e. The summed E-state index contributed by atoms with van der Waals surface area (Å²) in [5.41, 5.74) is 0. The predicted octanol–water partition coefficient (Wildman–Crippen LogP) is 2.48. The zero-order chi connectivity index (χ0) is 15.5. The Morgan fingerprint density at radius 1 is 0.952 bits per heavy atom. The molecule has 2 heterocycles. The van der Waals surface area contributed by atoms with Gasteiger partial charge in [0, 0.05) is 18.1 Å². The van der Waals surface area contributed by atoms with Gasteiger partial charge in [0.1, 0.15) is 0 Å². The summed E-state index contributed by atoms with van der Waals surface area (Å²) in [5, 5.41) is 3.67. The molecule has 21 heavy (non-hydrogen) atoms. The fourth-order valence-corrected chi connectivity index (χ4v) is 3.43. The number of nitrogens with one attached hydrogen (secondary N) is 1. The number of hydrogen-bond acceptors (Lipinski definition) is 3. The molecule has 0 aromatic heterocycles. The number of rotatable bonds is 4. The van der Waals surface area contributed by atoms with Crippen LogP contribution in [0.5, 0.6) is 0 Å². The standard InChI is InChI=1S/C15H28F3N3/c1-12(2)21-9-5-14(6-10-21)19-13-3-7-20(8-4-13)11-15(16,17)18/h12-14,19H,3-11H2,1-2H3. The van der Waals surface area contributed by atoms with Gasteiger partial charge in [0.2, 0.25) is 0 Å². The molecular weight excluding hydrogens is 279 g/mol. The third-order valence-corrected chi connectivity index (χ3v) is 4.72. The second kappa shape index (κ2) is 7.29. The third-order valence-electron chi connectivity index (χ3n) is 4.72. The number of hydrogen-bond donors (Lipinski definition) is 1. The first-order valence-corrected chi connectivity index (χ1v) is 8.12. The van der Waals surface area contributed by atoms with Crippen LogP contribution in [0.2, 0.25) is 0 Å². The van der Waals surface area contributed by atoms with Crippen molar-refractivity contribution in [2.24, 2.45) is 0 Å². The van der Waals surface area contributed by atoms with Crippen LogP contribution in [0.25, 0.3) is 0 Å². The zero-order valence-corrected chi connectivity index (χ0v) is 13.1. The zero-order valence-electron chi connectivity index (χ0n) is 13.1. The minimum absolute atomic E-state index is 0.394. The van der Waals surface area contributed by atoms with Crippen molar-refractivity contribution in [1.29, 1.82) is 0 Å². The topological polar surface area (TPSA) is 18.5 Å². The monoisotopic (exact) mass is 307 g/mol. The summed E-state index contributed by atoms with van der Waals surface area (Å²) >= 11 is 0. The fraction of sp³-hybridized carbons (Fsp3) is 1.00. The molecule has 0 amide bonds. The van der Waals surface area contributed by atoms with Gasteiger partial charge in [-0.15, -0.1) is 0 Å². The molecule has 3 nitrogen and oxygen atoms in total. The van der Waals surface area contributed by atoms with Gasteiger partial charge in [-0.05, 0) is 65.7 Å². The first-order valence-electron chi connectivity index (χ1n) is 8.12. The van der Waals surface area contributed by atoms with Gasteiger partial charge >= 0.3 is 6.18 Å². The number of nitrogens with zero attached hydrogens (tertiary/aromatic N) is 2. The highest BCUT2D eigenvalue weighted by Gasteiger charge is 2.33. The van der Waals surface area contributed by atoms with Crippen LogP contribution in [0, 0.1) is 0 Å². The first kappa shape index (κ1) is 17.0. The van der Waals surface area contributed by atoms with E-state index in [9.17, 15) is 13.2 Å². The Bertz CT molecular complexity index is 304. The van der Waals surface area contributed by atoms with Crippen molar-refractivity contribution in [2.75, 3.05) is 32.7 Å². The molecule has 0 spiro atoms. The Balaban J connectivity index is 1.65. The second-order valence-electron chi connectivity index (χ2n) is 6.74. The van der Waals surface area contributed by atoms with Gasteiger partial charge in [0.05, 0.1) is 6.54 Å². The van der Waals surface area contributed by atoms with Gasteiger partial charge in [0.15, 0.2) is 0 Å². The lowest BCUT2D eigenvalue weighted by atomic mass is 9.99. The lowest BCUT2D eigenvalue weighted by molar-refractivity contribution is -0.148. The van der Waals surface area contributed by atoms with Gasteiger partial charge in [-0.1, -0.05) is 0 Å². The maximum Gasteiger partial charge on any atom is 0.401 e. The maximum absolute atomic E-state index is 12.3. The number of alkyl halides is 3. The van der Waals surface area contributed by atoms with Gasteiger partial charge < -0.3 is 10.2 Å². The van der Waals surface area contributed by atoms with Crippen molar-refractivity contribution < 1.29 is 13.2 Å². The minimum atomic E-state index is -4.07. The average molecular weight is 307 g/mol. The Labute approximate surface area is 125 Å². The van der Waals surface area contributed by atoms with Crippen molar-refractivity contribution in [3.05, 3.63) is 0 Å². The molecule has 2 fully saturated rings. The van der Waals surface area contributed by atoms with E-state index in [-0.39, 0.29) is 0 Å². The van der Waals surface area contributed by atoms with Gasteiger partial charge in [-0.25, -0.2) is 0 Å². The van der Waals surface area contributed by atoms with E-state index >= 15 is 0 Å². The quantitative estimate of drug-likeness (QED) is 0.861. The summed E-state index contributed by atoms with van der Waals surface area (Å²) in [6.07, 6.45) is -0.0905. The molecule has 0 bridgehead atoms. The lowest BCUT2D eigenvalue weighted by Crippen LogP contribution is -2.51. The van der Waals surface area contributed by atoms with Crippen LogP contribution in [0.1, 0.15) is 39.5 Å². The molecule has 0 aliphatic carbocycles. The molecule has 0 aromatic rings. The summed E-state index contributed by atoms with van der Waals surface area (Å²) in [5.74, 6) is 0. The van der Waals surface area contributed by atoms with E-state index in [0.29, 0.717) is 31.2 Å². The summed E-state index contributed by atoms with van der Waals surface area (Å²) in [6.45, 7) is 7.06. The Morgan fingerprint density at radius 3 is 1.86 bits per heavy atom. The van der Waals surface area contributed by atoms with Crippen molar-refractivity contribution in [2.45, 2.75) is 63.8 Å². The number of halogens is 3. The normalized spacial score (nSPS) is 24.9. The lowest BCUT2D eigenvalue weighted by Gasteiger charge is -2.39. The molecule has 2 aliphatic rings. The molecule has 0 saturated carbocycles. The van der Waals surface area contributed by atoms with E-state index in [2.05, 4.69) is 24.1 Å². The van der Waals surface area contributed by atoms with Gasteiger partial charge in [-0.2, -0.15) is 13.2 Å². The number of piperidine rings is 2. The van der Waals surface area contributed by atoms with E-state index in [1.165, 1.54) is 4.90 Å². The molecule has 0 atom stereocenters. The third kappa shape index (κ3) is 5.75. The van der Waals surface area contributed by atoms with E-state index < -0.39 is 12.7 Å². The van der Waals surface area contributed by atoms with E-state index in [1.807, 2.05) is 0 Å². The molecule has 2 rings (SSSR count).